The number of fused-ring (bicyclic) bond motifs is 2. The molecule has 0 saturated heterocycles. The average molecular weight is 228 g/mol. The molecular weight excluding hydrogens is 216 g/mol. The summed E-state index contributed by atoms with van der Waals surface area (Å²) in [5, 5.41) is 2.60. The molecule has 0 saturated carbocycles. The first-order valence-corrected chi connectivity index (χ1v) is 6.22. The molecule has 2 aliphatic rings. The standard InChI is InChI=1S/C18H12/c1-2-5-15-12-16(9-8-13(15)4-1)18-11-10-14-6-3-7-17(14)18/h1-12H. The highest BCUT2D eigenvalue weighted by Crippen LogP contribution is 2.36. The summed E-state index contributed by atoms with van der Waals surface area (Å²) in [4.78, 5) is 0. The quantitative estimate of drug-likeness (QED) is 0.666. The molecule has 0 heterocycles. The first kappa shape index (κ1) is 9.67. The summed E-state index contributed by atoms with van der Waals surface area (Å²) in [7, 11) is 0. The van der Waals surface area contributed by atoms with E-state index in [1.165, 1.54) is 33.1 Å². The van der Waals surface area contributed by atoms with E-state index in [2.05, 4.69) is 72.8 Å². The van der Waals surface area contributed by atoms with Gasteiger partial charge in [-0.15, -0.1) is 0 Å². The second-order valence-electron chi connectivity index (χ2n) is 4.70. The zero-order valence-corrected chi connectivity index (χ0v) is 9.93. The average Bonchev–Trinajstić information content (AvgIpc) is 3.00. The summed E-state index contributed by atoms with van der Waals surface area (Å²) < 4.78 is 0. The van der Waals surface area contributed by atoms with Gasteiger partial charge in [0.2, 0.25) is 0 Å². The van der Waals surface area contributed by atoms with E-state index in [1.807, 2.05) is 0 Å². The van der Waals surface area contributed by atoms with Crippen molar-refractivity contribution in [2.75, 3.05) is 0 Å². The van der Waals surface area contributed by atoms with Crippen molar-refractivity contribution in [2.45, 2.75) is 0 Å². The molecule has 84 valence electrons. The molecule has 0 heteroatoms. The fraction of sp³-hybridized carbons (Fsp3) is 0. The van der Waals surface area contributed by atoms with Crippen LogP contribution in [-0.4, -0.2) is 0 Å². The minimum absolute atomic E-state index is 1.30. The molecule has 0 amide bonds. The van der Waals surface area contributed by atoms with Crippen LogP contribution in [0.5, 0.6) is 0 Å². The number of allylic oxidation sites excluding steroid dienone is 8. The predicted molar refractivity (Wildman–Crippen MR) is 77.2 cm³/mol. The van der Waals surface area contributed by atoms with E-state index in [4.69, 9.17) is 0 Å². The second-order valence-corrected chi connectivity index (χ2v) is 4.70. The molecule has 0 unspecified atom stereocenters. The van der Waals surface area contributed by atoms with Gasteiger partial charge >= 0.3 is 0 Å². The minimum atomic E-state index is 1.30. The van der Waals surface area contributed by atoms with E-state index in [-0.39, 0.29) is 0 Å². The van der Waals surface area contributed by atoms with E-state index in [9.17, 15) is 0 Å². The lowest BCUT2D eigenvalue weighted by atomic mass is 9.99. The monoisotopic (exact) mass is 228 g/mol. The van der Waals surface area contributed by atoms with Crippen molar-refractivity contribution in [1.82, 2.24) is 0 Å². The molecule has 2 aromatic carbocycles. The fourth-order valence-corrected chi connectivity index (χ4v) is 2.70. The Labute approximate surface area is 106 Å². The molecule has 2 aromatic rings. The number of benzene rings is 2. The van der Waals surface area contributed by atoms with Gasteiger partial charge in [0.25, 0.3) is 0 Å². The van der Waals surface area contributed by atoms with Gasteiger partial charge < -0.3 is 0 Å². The summed E-state index contributed by atoms with van der Waals surface area (Å²) in [5.41, 5.74) is 5.32. The van der Waals surface area contributed by atoms with Crippen LogP contribution >= 0.6 is 0 Å². The molecule has 0 aliphatic heterocycles. The Morgan fingerprint density at radius 2 is 1.56 bits per heavy atom. The van der Waals surface area contributed by atoms with Crippen molar-refractivity contribution in [3.63, 3.8) is 0 Å². The highest BCUT2D eigenvalue weighted by atomic mass is 14.2. The second kappa shape index (κ2) is 3.58. The van der Waals surface area contributed by atoms with Gasteiger partial charge in [0.1, 0.15) is 0 Å². The van der Waals surface area contributed by atoms with E-state index >= 15 is 0 Å². The van der Waals surface area contributed by atoms with Gasteiger partial charge in [-0.1, -0.05) is 66.8 Å². The molecule has 0 atom stereocenters. The first-order chi connectivity index (χ1) is 8.92. The van der Waals surface area contributed by atoms with Gasteiger partial charge in [-0.25, -0.2) is 0 Å². The molecule has 0 spiro atoms. The normalized spacial score (nSPS) is 16.6. The lowest BCUT2D eigenvalue weighted by molar-refractivity contribution is 1.63. The third-order valence-electron chi connectivity index (χ3n) is 3.63. The number of hydrogen-bond donors (Lipinski definition) is 0. The topological polar surface area (TPSA) is 0 Å². The summed E-state index contributed by atoms with van der Waals surface area (Å²) in [5.74, 6) is 0. The fourth-order valence-electron chi connectivity index (χ4n) is 2.70. The molecular formula is C18H12. The molecule has 2 aliphatic carbocycles. The van der Waals surface area contributed by atoms with E-state index in [0.717, 1.165) is 0 Å². The molecule has 0 bridgehead atoms. The van der Waals surface area contributed by atoms with Crippen LogP contribution in [0.1, 0.15) is 5.56 Å². The van der Waals surface area contributed by atoms with Crippen LogP contribution in [0.2, 0.25) is 0 Å². The van der Waals surface area contributed by atoms with Crippen molar-refractivity contribution < 1.29 is 0 Å². The maximum Gasteiger partial charge on any atom is -0.0105 e. The molecule has 4 rings (SSSR count). The van der Waals surface area contributed by atoms with Gasteiger partial charge in [-0.3, -0.25) is 0 Å². The maximum atomic E-state index is 2.27. The molecule has 0 N–H and O–H groups in total. The van der Waals surface area contributed by atoms with Gasteiger partial charge in [0.15, 0.2) is 0 Å². The molecule has 0 fully saturated rings. The minimum Gasteiger partial charge on any atom is -0.0616 e. The zero-order valence-electron chi connectivity index (χ0n) is 9.93. The van der Waals surface area contributed by atoms with Gasteiger partial charge in [-0.05, 0) is 39.1 Å². The van der Waals surface area contributed by atoms with Crippen LogP contribution in [0.15, 0.2) is 84.0 Å². The Hall–Kier alpha value is -2.34. The summed E-state index contributed by atoms with van der Waals surface area (Å²) >= 11 is 0. The number of hydrogen-bond acceptors (Lipinski definition) is 0. The predicted octanol–water partition coefficient (Wildman–Crippen LogP) is 4.66. The van der Waals surface area contributed by atoms with Crippen LogP contribution in [0.3, 0.4) is 0 Å². The van der Waals surface area contributed by atoms with Crippen molar-refractivity contribution in [3.05, 3.63) is 89.6 Å². The Kier molecular flexibility index (Phi) is 1.92. The molecule has 0 aromatic heterocycles. The largest absolute Gasteiger partial charge is 0.0616 e. The Morgan fingerprint density at radius 1 is 0.667 bits per heavy atom. The van der Waals surface area contributed by atoms with Crippen LogP contribution in [0, 0.1) is 0 Å². The van der Waals surface area contributed by atoms with Gasteiger partial charge in [0.05, 0.1) is 0 Å². The Bertz CT molecular complexity index is 767. The van der Waals surface area contributed by atoms with Gasteiger partial charge in [0, 0.05) is 0 Å². The van der Waals surface area contributed by atoms with E-state index in [1.54, 1.807) is 0 Å². The van der Waals surface area contributed by atoms with Crippen LogP contribution < -0.4 is 0 Å². The van der Waals surface area contributed by atoms with E-state index in [0.29, 0.717) is 0 Å². The smallest absolute Gasteiger partial charge is 0.0105 e. The SMILES string of the molecule is C1=CC2=C(c3ccc4ccccc4c3)C=CC2=C1. The summed E-state index contributed by atoms with van der Waals surface area (Å²) in [6.45, 7) is 0. The lowest BCUT2D eigenvalue weighted by Crippen LogP contribution is -1.83. The van der Waals surface area contributed by atoms with E-state index < -0.39 is 0 Å². The zero-order chi connectivity index (χ0) is 11.9. The summed E-state index contributed by atoms with van der Waals surface area (Å²) in [6, 6.07) is 15.2. The van der Waals surface area contributed by atoms with Gasteiger partial charge in [-0.2, -0.15) is 0 Å². The summed E-state index contributed by atoms with van der Waals surface area (Å²) in [6.07, 6.45) is 10.9. The third-order valence-corrected chi connectivity index (χ3v) is 3.63. The molecule has 0 radical (unpaired) electrons. The highest BCUT2D eigenvalue weighted by molar-refractivity contribution is 5.93. The highest BCUT2D eigenvalue weighted by Gasteiger charge is 2.15. The molecule has 18 heavy (non-hydrogen) atoms. The number of rotatable bonds is 1. The van der Waals surface area contributed by atoms with Crippen molar-refractivity contribution in [2.24, 2.45) is 0 Å². The Morgan fingerprint density at radius 3 is 2.50 bits per heavy atom. The van der Waals surface area contributed by atoms with Crippen molar-refractivity contribution in [1.29, 1.82) is 0 Å². The van der Waals surface area contributed by atoms with Crippen molar-refractivity contribution >= 4 is 16.3 Å². The van der Waals surface area contributed by atoms with Crippen molar-refractivity contribution in [3.8, 4) is 0 Å². The Balaban J connectivity index is 1.94. The van der Waals surface area contributed by atoms with Crippen LogP contribution in [0.25, 0.3) is 16.3 Å². The maximum absolute atomic E-state index is 2.27. The van der Waals surface area contributed by atoms with Crippen LogP contribution in [0.4, 0.5) is 0 Å². The third kappa shape index (κ3) is 1.32. The lowest BCUT2D eigenvalue weighted by Gasteiger charge is -2.05. The first-order valence-electron chi connectivity index (χ1n) is 6.22. The molecule has 0 nitrogen and oxygen atoms in total. The van der Waals surface area contributed by atoms with Crippen LogP contribution in [-0.2, 0) is 0 Å².